The Morgan fingerprint density at radius 3 is 3.00 bits per heavy atom. The van der Waals surface area contributed by atoms with Crippen LogP contribution < -0.4 is 5.32 Å². The summed E-state index contributed by atoms with van der Waals surface area (Å²) >= 11 is 5.24. The molecule has 1 aromatic heterocycles. The first kappa shape index (κ1) is 11.0. The van der Waals surface area contributed by atoms with Crippen molar-refractivity contribution in [1.82, 2.24) is 10.3 Å². The summed E-state index contributed by atoms with van der Waals surface area (Å²) in [5.74, 6) is 0. The lowest BCUT2D eigenvalue weighted by molar-refractivity contribution is 0.574. The number of nitrogens with one attached hydrogen (secondary N) is 1. The van der Waals surface area contributed by atoms with E-state index in [9.17, 15) is 0 Å². The fourth-order valence-corrected chi connectivity index (χ4v) is 3.28. The molecule has 1 heterocycles. The summed E-state index contributed by atoms with van der Waals surface area (Å²) in [5.41, 5.74) is 1.09. The SMILES string of the molecule is CCC(NC)c1nc2ccc(Br)cc2s1. The van der Waals surface area contributed by atoms with Crippen LogP contribution in [-0.4, -0.2) is 12.0 Å². The molecule has 2 nitrogen and oxygen atoms in total. The van der Waals surface area contributed by atoms with Gasteiger partial charge in [0.1, 0.15) is 5.01 Å². The Balaban J connectivity index is 2.46. The smallest absolute Gasteiger partial charge is 0.111 e. The van der Waals surface area contributed by atoms with Crippen LogP contribution in [0.15, 0.2) is 22.7 Å². The van der Waals surface area contributed by atoms with Gasteiger partial charge in [-0.25, -0.2) is 4.98 Å². The molecule has 0 bridgehead atoms. The van der Waals surface area contributed by atoms with Gasteiger partial charge >= 0.3 is 0 Å². The van der Waals surface area contributed by atoms with E-state index < -0.39 is 0 Å². The third kappa shape index (κ3) is 2.22. The Bertz CT molecular complexity index is 463. The van der Waals surface area contributed by atoms with Gasteiger partial charge < -0.3 is 5.32 Å². The number of nitrogens with zero attached hydrogens (tertiary/aromatic N) is 1. The van der Waals surface area contributed by atoms with E-state index in [4.69, 9.17) is 0 Å². The largest absolute Gasteiger partial charge is 0.311 e. The Kier molecular flexibility index (Phi) is 3.38. The van der Waals surface area contributed by atoms with Crippen LogP contribution in [0.3, 0.4) is 0 Å². The highest BCUT2D eigenvalue weighted by Gasteiger charge is 2.12. The molecule has 80 valence electrons. The number of hydrogen-bond donors (Lipinski definition) is 1. The number of benzene rings is 1. The third-order valence-electron chi connectivity index (χ3n) is 2.42. The molecule has 1 aromatic carbocycles. The number of thiazole rings is 1. The second-order valence-electron chi connectivity index (χ2n) is 3.41. The second kappa shape index (κ2) is 4.60. The van der Waals surface area contributed by atoms with Crippen molar-refractivity contribution in [1.29, 1.82) is 0 Å². The number of halogens is 1. The van der Waals surface area contributed by atoms with Gasteiger partial charge in [-0.3, -0.25) is 0 Å². The summed E-state index contributed by atoms with van der Waals surface area (Å²) < 4.78 is 2.36. The van der Waals surface area contributed by atoms with Crippen LogP contribution in [0.25, 0.3) is 10.2 Å². The zero-order valence-electron chi connectivity index (χ0n) is 8.75. The van der Waals surface area contributed by atoms with Crippen LogP contribution in [0.2, 0.25) is 0 Å². The van der Waals surface area contributed by atoms with Crippen molar-refractivity contribution < 1.29 is 0 Å². The molecule has 2 aromatic rings. The molecule has 0 fully saturated rings. The fourth-order valence-electron chi connectivity index (χ4n) is 1.57. The molecule has 1 N–H and O–H groups in total. The Morgan fingerprint density at radius 1 is 1.53 bits per heavy atom. The lowest BCUT2D eigenvalue weighted by Gasteiger charge is -2.08. The quantitative estimate of drug-likeness (QED) is 0.929. The molecule has 0 amide bonds. The number of aromatic nitrogens is 1. The molecule has 0 aliphatic rings. The van der Waals surface area contributed by atoms with Crippen molar-refractivity contribution in [3.05, 3.63) is 27.7 Å². The maximum atomic E-state index is 4.63. The van der Waals surface area contributed by atoms with Crippen LogP contribution in [0.5, 0.6) is 0 Å². The van der Waals surface area contributed by atoms with E-state index in [1.54, 1.807) is 11.3 Å². The molecule has 1 unspecified atom stereocenters. The van der Waals surface area contributed by atoms with Gasteiger partial charge in [-0.1, -0.05) is 22.9 Å². The molecular formula is C11H13BrN2S. The van der Waals surface area contributed by atoms with Gasteiger partial charge in [-0.15, -0.1) is 11.3 Å². The highest BCUT2D eigenvalue weighted by Crippen LogP contribution is 2.29. The molecule has 15 heavy (non-hydrogen) atoms. The average Bonchev–Trinajstić information content (AvgIpc) is 2.62. The van der Waals surface area contributed by atoms with E-state index in [2.05, 4.69) is 45.3 Å². The van der Waals surface area contributed by atoms with Gasteiger partial charge in [-0.05, 0) is 31.7 Å². The molecule has 2 rings (SSSR count). The average molecular weight is 285 g/mol. The van der Waals surface area contributed by atoms with E-state index in [-0.39, 0.29) is 0 Å². The van der Waals surface area contributed by atoms with E-state index in [1.165, 1.54) is 9.71 Å². The predicted molar refractivity (Wildman–Crippen MR) is 69.4 cm³/mol. The first-order chi connectivity index (χ1) is 7.24. The van der Waals surface area contributed by atoms with Crippen molar-refractivity contribution in [2.24, 2.45) is 0 Å². The highest BCUT2D eigenvalue weighted by atomic mass is 79.9. The summed E-state index contributed by atoms with van der Waals surface area (Å²) in [5, 5.41) is 4.45. The molecule has 0 aliphatic heterocycles. The van der Waals surface area contributed by atoms with Crippen LogP contribution >= 0.6 is 27.3 Å². The summed E-state index contributed by atoms with van der Waals surface area (Å²) in [6, 6.07) is 6.59. The van der Waals surface area contributed by atoms with Gasteiger partial charge in [-0.2, -0.15) is 0 Å². The molecule has 0 spiro atoms. The monoisotopic (exact) mass is 284 g/mol. The topological polar surface area (TPSA) is 24.9 Å². The minimum Gasteiger partial charge on any atom is -0.311 e. The van der Waals surface area contributed by atoms with Crippen LogP contribution in [-0.2, 0) is 0 Å². The molecular weight excluding hydrogens is 272 g/mol. The number of rotatable bonds is 3. The van der Waals surface area contributed by atoms with Gasteiger partial charge in [0, 0.05) is 4.47 Å². The maximum Gasteiger partial charge on any atom is 0.111 e. The standard InChI is InChI=1S/C11H13BrN2S/c1-3-8(13-2)11-14-9-5-4-7(12)6-10(9)15-11/h4-6,8,13H,3H2,1-2H3. The van der Waals surface area contributed by atoms with E-state index in [0.29, 0.717) is 6.04 Å². The van der Waals surface area contributed by atoms with Crippen LogP contribution in [0, 0.1) is 0 Å². The Morgan fingerprint density at radius 2 is 2.33 bits per heavy atom. The zero-order valence-corrected chi connectivity index (χ0v) is 11.2. The van der Waals surface area contributed by atoms with E-state index in [0.717, 1.165) is 16.4 Å². The van der Waals surface area contributed by atoms with Gasteiger partial charge in [0.15, 0.2) is 0 Å². The lowest BCUT2D eigenvalue weighted by Crippen LogP contribution is -2.14. The fraction of sp³-hybridized carbons (Fsp3) is 0.364. The van der Waals surface area contributed by atoms with Crippen LogP contribution in [0.4, 0.5) is 0 Å². The Labute approximate surface area is 102 Å². The maximum absolute atomic E-state index is 4.63. The van der Waals surface area contributed by atoms with E-state index in [1.807, 2.05) is 13.1 Å². The Hall–Kier alpha value is -0.450. The van der Waals surface area contributed by atoms with Gasteiger partial charge in [0.05, 0.1) is 16.3 Å². The lowest BCUT2D eigenvalue weighted by atomic mass is 10.2. The third-order valence-corrected chi connectivity index (χ3v) is 4.05. The first-order valence-electron chi connectivity index (χ1n) is 4.98. The molecule has 0 radical (unpaired) electrons. The number of hydrogen-bond acceptors (Lipinski definition) is 3. The van der Waals surface area contributed by atoms with Crippen molar-refractivity contribution in [3.8, 4) is 0 Å². The van der Waals surface area contributed by atoms with Crippen molar-refractivity contribution >= 4 is 37.5 Å². The minimum atomic E-state index is 0.376. The molecule has 0 saturated carbocycles. The zero-order chi connectivity index (χ0) is 10.8. The normalized spacial score (nSPS) is 13.3. The highest BCUT2D eigenvalue weighted by molar-refractivity contribution is 9.10. The van der Waals surface area contributed by atoms with Crippen molar-refractivity contribution in [2.45, 2.75) is 19.4 Å². The first-order valence-corrected chi connectivity index (χ1v) is 6.58. The molecule has 0 saturated heterocycles. The minimum absolute atomic E-state index is 0.376. The summed E-state index contributed by atoms with van der Waals surface area (Å²) in [6.45, 7) is 2.17. The van der Waals surface area contributed by atoms with Gasteiger partial charge in [0.2, 0.25) is 0 Å². The van der Waals surface area contributed by atoms with Crippen molar-refractivity contribution in [3.63, 3.8) is 0 Å². The summed E-state index contributed by atoms with van der Waals surface area (Å²) in [7, 11) is 1.98. The predicted octanol–water partition coefficient (Wildman–Crippen LogP) is 3.73. The van der Waals surface area contributed by atoms with E-state index >= 15 is 0 Å². The molecule has 4 heteroatoms. The molecule has 1 atom stereocenters. The second-order valence-corrected chi connectivity index (χ2v) is 5.39. The molecule has 0 aliphatic carbocycles. The summed E-state index contributed by atoms with van der Waals surface area (Å²) in [4.78, 5) is 4.63. The van der Waals surface area contributed by atoms with Crippen molar-refractivity contribution in [2.75, 3.05) is 7.05 Å². The van der Waals surface area contributed by atoms with Crippen LogP contribution in [0.1, 0.15) is 24.4 Å². The summed E-state index contributed by atoms with van der Waals surface area (Å²) in [6.07, 6.45) is 1.07. The number of fused-ring (bicyclic) bond motifs is 1. The van der Waals surface area contributed by atoms with Gasteiger partial charge in [0.25, 0.3) is 0 Å².